The van der Waals surface area contributed by atoms with Crippen LogP contribution in [0.5, 0.6) is 0 Å². The van der Waals surface area contributed by atoms with Gasteiger partial charge in [-0.1, -0.05) is 199 Å². The second-order valence-corrected chi connectivity index (χ2v) is 41.5. The van der Waals surface area contributed by atoms with Gasteiger partial charge >= 0.3 is 37.1 Å². The molecule has 27 heteroatoms. The SMILES string of the molecule is Cc1cc(C)cc(-c2cc(CC(C)(C)C(F)(F)F)c3c(F)cccc3n2)c1.Cc1cc(C)cc(-c2cc(CC(C)(C)C(F)(F)F)c3cc(F)ccc3n2)c1.Cc1cc(C)cc(-c2cc(CC(C)(C)C(F)(F)F)c3ccc(F)cc3n2)c1.Cc1cc(C)cc(-c2cc(F)c3c(CC(C)(C)C(F)(F)F)cccc3n2)c1.Cc1cc(C)cc(-c2ccc3c(CC(C)(C)C(F)(F)F)cc(CC(C)(C)C(F)(F)F)cc3n2)c1. The Kier molecular flexibility index (Phi) is 31.9. The molecule has 15 rings (SSSR count). The molecule has 5 heterocycles. The molecule has 0 fully saturated rings. The highest BCUT2D eigenvalue weighted by Gasteiger charge is 2.52. The van der Waals surface area contributed by atoms with E-state index in [4.69, 9.17) is 0 Å². The maximum atomic E-state index is 14.9. The molecule has 0 bridgehead atoms. The zero-order chi connectivity index (χ0) is 106. The van der Waals surface area contributed by atoms with Gasteiger partial charge in [-0.3, -0.25) is 0 Å². The fraction of sp³-hybridized carbons (Fsp3) is 0.348. The summed E-state index contributed by atoms with van der Waals surface area (Å²) in [6.07, 6.45) is -28.2. The predicted octanol–water partition coefficient (Wildman–Crippen LogP) is 35.9. The number of hydrogen-bond acceptors (Lipinski definition) is 5. The van der Waals surface area contributed by atoms with E-state index >= 15 is 0 Å². The van der Waals surface area contributed by atoms with Crippen molar-refractivity contribution in [3.63, 3.8) is 0 Å². The highest BCUT2D eigenvalue weighted by Crippen LogP contribution is 2.50. The minimum absolute atomic E-state index is 0.156. The van der Waals surface area contributed by atoms with Crippen LogP contribution in [0.15, 0.2) is 212 Å². The van der Waals surface area contributed by atoms with Crippen molar-refractivity contribution in [2.75, 3.05) is 0 Å². The van der Waals surface area contributed by atoms with Gasteiger partial charge in [0.1, 0.15) is 23.3 Å². The average Bonchev–Trinajstić information content (AvgIpc) is 0.787. The van der Waals surface area contributed by atoms with Crippen LogP contribution in [0.25, 0.3) is 111 Å². The highest BCUT2D eigenvalue weighted by molar-refractivity contribution is 5.90. The van der Waals surface area contributed by atoms with Crippen LogP contribution in [-0.2, 0) is 38.5 Å². The standard InChI is InChI=1S/C27H29F6N.4C22H21F4N/c1-16-9-17(2)11-19(10-16)22-8-7-21-20(15-25(5,6)27(31,32)33)12-18(13-23(21)34-22)14-24(3,4)26(28,29)30;1-13-7-14(2)9-15(8-13)20-10-16(12-21(3,4)22(24,25)26)18-11-17(23)5-6-19(18)27-20;1-13-7-14(2)9-15(8-13)19-10-16(12-21(3,4)22(24,25)26)18-6-5-17(23)11-20(18)27-19;1-13-8-14(2)10-15(9-13)19-11-16(12-21(3,4)22(24,25)26)20-17(23)6-5-7-18(20)27-19;1-13-8-14(2)10-16(9-13)19-11-17(23)20-15(6-5-7-18(20)27-19)12-21(3,4)22(24,25)26/h7-13H,14-15H2,1-6H3;4*5-11H,12H2,1-4H3. The first-order valence-electron chi connectivity index (χ1n) is 45.9. The van der Waals surface area contributed by atoms with Gasteiger partial charge in [-0.2, -0.15) is 79.0 Å². The summed E-state index contributed by atoms with van der Waals surface area (Å²) < 4.78 is 299. The quantitative estimate of drug-likeness (QED) is 0.0850. The van der Waals surface area contributed by atoms with Crippen LogP contribution in [0.1, 0.15) is 172 Å². The van der Waals surface area contributed by atoms with Crippen molar-refractivity contribution in [1.29, 1.82) is 0 Å². The van der Waals surface area contributed by atoms with Crippen LogP contribution < -0.4 is 0 Å². The van der Waals surface area contributed by atoms with Crippen molar-refractivity contribution in [3.8, 4) is 56.3 Å². The first kappa shape index (κ1) is 110. The number of nitrogens with zero attached hydrogens (tertiary/aromatic N) is 5. The molecule has 0 aliphatic carbocycles. The van der Waals surface area contributed by atoms with Crippen molar-refractivity contribution in [2.24, 2.45) is 32.5 Å². The number of aryl methyl sites for hydroxylation is 10. The van der Waals surface area contributed by atoms with Crippen LogP contribution in [0.2, 0.25) is 0 Å². The van der Waals surface area contributed by atoms with Gasteiger partial charge in [0.05, 0.1) is 88.5 Å². The number of rotatable bonds is 17. The van der Waals surface area contributed by atoms with Crippen molar-refractivity contribution >= 4 is 54.5 Å². The lowest BCUT2D eigenvalue weighted by Gasteiger charge is -2.30. The Balaban J connectivity index is 0.000000170. The van der Waals surface area contributed by atoms with Crippen molar-refractivity contribution in [3.05, 3.63) is 325 Å². The van der Waals surface area contributed by atoms with E-state index in [2.05, 4.69) is 24.9 Å². The molecule has 10 aromatic carbocycles. The summed E-state index contributed by atoms with van der Waals surface area (Å²) in [5.41, 5.74) is 9.53. The third kappa shape index (κ3) is 26.4. The molecule has 0 saturated carbocycles. The van der Waals surface area contributed by atoms with Gasteiger partial charge in [-0.25, -0.2) is 42.5 Å². The Hall–Kier alpha value is -12.3. The van der Waals surface area contributed by atoms with Crippen molar-refractivity contribution in [2.45, 2.75) is 228 Å². The molecule has 0 aliphatic rings. The molecular weight excluding hydrogens is 1870 g/mol. The Morgan fingerprint density at radius 1 is 0.197 bits per heavy atom. The van der Waals surface area contributed by atoms with E-state index < -0.39 is 92.8 Å². The van der Waals surface area contributed by atoms with E-state index in [0.29, 0.717) is 106 Å². The van der Waals surface area contributed by atoms with E-state index in [1.54, 1.807) is 54.6 Å². The lowest BCUT2D eigenvalue weighted by Crippen LogP contribution is -2.35. The smallest absolute Gasteiger partial charge is 0.248 e. The third-order valence-electron chi connectivity index (χ3n) is 25.4. The number of aromatic nitrogens is 5. The maximum absolute atomic E-state index is 14.9. The fourth-order valence-corrected chi connectivity index (χ4v) is 17.2. The van der Waals surface area contributed by atoms with E-state index in [1.807, 2.05) is 160 Å². The third-order valence-corrected chi connectivity index (χ3v) is 25.4. The van der Waals surface area contributed by atoms with E-state index in [-0.39, 0.29) is 49.3 Å². The summed E-state index contributed by atoms with van der Waals surface area (Å²) in [6.45, 7) is 33.1. The molecule has 0 radical (unpaired) electrons. The van der Waals surface area contributed by atoms with Crippen molar-refractivity contribution in [1.82, 2.24) is 24.9 Å². The molecule has 0 unspecified atom stereocenters. The summed E-state index contributed by atoms with van der Waals surface area (Å²) in [5.74, 6) is -2.06. The molecule has 15 aromatic rings. The Bertz CT molecular complexity index is 7010. The van der Waals surface area contributed by atoms with Crippen LogP contribution in [0.3, 0.4) is 0 Å². The lowest BCUT2D eigenvalue weighted by atomic mass is 9.81. The number of pyridine rings is 5. The van der Waals surface area contributed by atoms with Crippen molar-refractivity contribution < 1.29 is 96.6 Å². The van der Waals surface area contributed by atoms with Crippen LogP contribution in [0.4, 0.5) is 96.6 Å². The topological polar surface area (TPSA) is 64.5 Å². The lowest BCUT2D eigenvalue weighted by molar-refractivity contribution is -0.211. The monoisotopic (exact) mass is 1980 g/mol. The number of hydrogen-bond donors (Lipinski definition) is 0. The molecule has 0 atom stereocenters. The predicted molar refractivity (Wildman–Crippen MR) is 524 cm³/mol. The van der Waals surface area contributed by atoms with Gasteiger partial charge in [0, 0.05) is 66.9 Å². The second kappa shape index (κ2) is 41.2. The van der Waals surface area contributed by atoms with Gasteiger partial charge in [0.25, 0.3) is 0 Å². The Morgan fingerprint density at radius 2 is 0.465 bits per heavy atom. The zero-order valence-electron chi connectivity index (χ0n) is 83.0. The molecule has 0 N–H and O–H groups in total. The molecular formula is C115H113F22N5. The average molecular weight is 1980 g/mol. The minimum Gasteiger partial charge on any atom is -0.248 e. The maximum Gasteiger partial charge on any atom is 0.394 e. The van der Waals surface area contributed by atoms with Crippen LogP contribution in [-0.4, -0.2) is 62.0 Å². The molecule has 752 valence electrons. The van der Waals surface area contributed by atoms with Gasteiger partial charge in [0.15, 0.2) is 0 Å². The fourth-order valence-electron chi connectivity index (χ4n) is 17.2. The first-order valence-corrected chi connectivity index (χ1v) is 45.9. The molecule has 0 aliphatic heterocycles. The van der Waals surface area contributed by atoms with Crippen LogP contribution in [0, 0.1) is 125 Å². The molecule has 142 heavy (non-hydrogen) atoms. The molecule has 5 nitrogen and oxygen atoms in total. The van der Waals surface area contributed by atoms with E-state index in [0.717, 1.165) is 153 Å². The molecule has 0 saturated heterocycles. The number of halogens is 22. The summed E-state index contributed by atoms with van der Waals surface area (Å²) in [7, 11) is 0. The first-order chi connectivity index (χ1) is 65.3. The largest absolute Gasteiger partial charge is 0.394 e. The van der Waals surface area contributed by atoms with E-state index in [9.17, 15) is 96.6 Å². The summed E-state index contributed by atoms with van der Waals surface area (Å²) in [4.78, 5) is 22.8. The molecule has 5 aromatic heterocycles. The van der Waals surface area contributed by atoms with Gasteiger partial charge in [-0.05, 0) is 281 Å². The van der Waals surface area contributed by atoms with Gasteiger partial charge in [-0.15, -0.1) is 0 Å². The van der Waals surface area contributed by atoms with Gasteiger partial charge < -0.3 is 0 Å². The molecule has 0 spiro atoms. The summed E-state index contributed by atoms with van der Waals surface area (Å²) in [5, 5.41) is 1.78. The van der Waals surface area contributed by atoms with E-state index in [1.165, 1.54) is 80.6 Å². The Labute approximate surface area is 813 Å². The second-order valence-electron chi connectivity index (χ2n) is 41.5. The summed E-state index contributed by atoms with van der Waals surface area (Å²) >= 11 is 0. The zero-order valence-corrected chi connectivity index (χ0v) is 83.0. The number of alkyl halides is 18. The number of benzene rings is 10. The molecule has 0 amide bonds. The van der Waals surface area contributed by atoms with Gasteiger partial charge in [0.2, 0.25) is 0 Å². The number of fused-ring (bicyclic) bond motifs is 5. The Morgan fingerprint density at radius 3 is 0.845 bits per heavy atom. The highest BCUT2D eigenvalue weighted by atomic mass is 19.4. The minimum atomic E-state index is -4.47. The van der Waals surface area contributed by atoms with Crippen LogP contribution >= 0.6 is 0 Å². The normalized spacial score (nSPS) is 12.8. The summed E-state index contributed by atoms with van der Waals surface area (Å²) in [6, 6.07) is 59.5.